The number of aromatic nitrogens is 1. The van der Waals surface area contributed by atoms with Gasteiger partial charge in [0.25, 0.3) is 5.91 Å². The minimum atomic E-state index is -0.759. The molecule has 0 unspecified atom stereocenters. The molecule has 7 heteroatoms. The molecule has 6 nitrogen and oxygen atoms in total. The molecular weight excluding hydrogens is 356 g/mol. The number of halogens is 1. The number of carbonyl (C=O) groups is 1. The van der Waals surface area contributed by atoms with Crippen LogP contribution in [0.25, 0.3) is 0 Å². The highest BCUT2D eigenvalue weighted by Gasteiger charge is 2.71. The molecule has 2 bridgehead atoms. The molecule has 1 aromatic heterocycles. The summed E-state index contributed by atoms with van der Waals surface area (Å²) >= 11 is 5.97. The molecule has 0 saturated heterocycles. The maximum Gasteiger partial charge on any atom is 0.261 e. The Bertz CT molecular complexity index is 889. The van der Waals surface area contributed by atoms with Crippen LogP contribution < -0.4 is 10.1 Å². The summed E-state index contributed by atoms with van der Waals surface area (Å²) in [5.41, 5.74) is 0.490. The van der Waals surface area contributed by atoms with Crippen LogP contribution in [0.4, 0.5) is 0 Å². The van der Waals surface area contributed by atoms with Crippen molar-refractivity contribution >= 4 is 17.5 Å². The van der Waals surface area contributed by atoms with Crippen LogP contribution >= 0.6 is 11.6 Å². The van der Waals surface area contributed by atoms with Crippen molar-refractivity contribution in [1.82, 2.24) is 10.3 Å². The number of nitrogens with zero attached hydrogens (tertiary/aromatic N) is 1. The minimum Gasteiger partial charge on any atom is -0.480 e. The number of amides is 1. The molecule has 0 radical (unpaired) electrons. The van der Waals surface area contributed by atoms with Gasteiger partial charge in [-0.1, -0.05) is 11.6 Å². The van der Waals surface area contributed by atoms with Crippen LogP contribution in [0.15, 0.2) is 28.8 Å². The average molecular weight is 375 g/mol. The van der Waals surface area contributed by atoms with E-state index in [0.29, 0.717) is 22.2 Å². The first-order chi connectivity index (χ1) is 12.4. The third-order valence-electron chi connectivity index (χ3n) is 5.89. The topological polar surface area (TPSA) is 84.6 Å². The van der Waals surface area contributed by atoms with E-state index < -0.39 is 12.2 Å². The molecule has 2 heterocycles. The molecule has 1 aliphatic heterocycles. The first kappa shape index (κ1) is 16.1. The summed E-state index contributed by atoms with van der Waals surface area (Å²) in [6.45, 7) is 1.84. The lowest BCUT2D eigenvalue weighted by molar-refractivity contribution is -0.149. The Morgan fingerprint density at radius 3 is 2.85 bits per heavy atom. The van der Waals surface area contributed by atoms with Crippen molar-refractivity contribution in [2.24, 2.45) is 0 Å². The van der Waals surface area contributed by atoms with Crippen LogP contribution in [0.3, 0.4) is 0 Å². The second kappa shape index (κ2) is 5.24. The fourth-order valence-corrected chi connectivity index (χ4v) is 4.89. The number of aliphatic hydroxyl groups is 1. The highest BCUT2D eigenvalue weighted by molar-refractivity contribution is 6.30. The number of fused-ring (bicyclic) bond motifs is 1. The Hall–Kier alpha value is -2.05. The van der Waals surface area contributed by atoms with Crippen molar-refractivity contribution in [2.75, 3.05) is 0 Å². The summed E-state index contributed by atoms with van der Waals surface area (Å²) in [7, 11) is 0. The Labute approximate surface area is 155 Å². The summed E-state index contributed by atoms with van der Waals surface area (Å²) in [6, 6.07) is 5.07. The van der Waals surface area contributed by atoms with E-state index in [2.05, 4.69) is 10.3 Å². The summed E-state index contributed by atoms with van der Waals surface area (Å²) in [6.07, 6.45) is 3.15. The van der Waals surface area contributed by atoms with Gasteiger partial charge in [0.05, 0.1) is 12.3 Å². The molecule has 0 spiro atoms. The number of nitrogens with one attached hydrogen (secondary N) is 1. The van der Waals surface area contributed by atoms with Gasteiger partial charge >= 0.3 is 0 Å². The zero-order chi connectivity index (χ0) is 18.1. The Balaban J connectivity index is 1.25. The van der Waals surface area contributed by atoms with E-state index in [4.69, 9.17) is 20.8 Å². The molecule has 2 atom stereocenters. The molecule has 6 rings (SSSR count). The number of benzene rings is 1. The number of oxazole rings is 1. The average Bonchev–Trinajstić information content (AvgIpc) is 2.96. The fourth-order valence-electron chi connectivity index (χ4n) is 4.71. The smallest absolute Gasteiger partial charge is 0.261 e. The Morgan fingerprint density at radius 1 is 1.38 bits per heavy atom. The second-order valence-corrected chi connectivity index (χ2v) is 8.30. The normalized spacial score (nSPS) is 34.1. The van der Waals surface area contributed by atoms with Crippen LogP contribution in [-0.4, -0.2) is 27.6 Å². The van der Waals surface area contributed by atoms with Gasteiger partial charge in [0.1, 0.15) is 11.5 Å². The lowest BCUT2D eigenvalue weighted by atomic mass is 9.38. The van der Waals surface area contributed by atoms with E-state index in [0.717, 1.165) is 25.0 Å². The monoisotopic (exact) mass is 374 g/mol. The third-order valence-corrected chi connectivity index (χ3v) is 6.13. The highest BCUT2D eigenvalue weighted by atomic mass is 35.5. The number of rotatable bonds is 3. The lowest BCUT2D eigenvalue weighted by Gasteiger charge is -2.69. The van der Waals surface area contributed by atoms with Gasteiger partial charge in [-0.15, -0.1) is 0 Å². The fraction of sp³-hybridized carbons (Fsp3) is 0.474. The molecule has 1 amide bonds. The van der Waals surface area contributed by atoms with Crippen LogP contribution in [0.1, 0.15) is 49.0 Å². The quantitative estimate of drug-likeness (QED) is 0.863. The molecule has 4 aliphatic rings. The van der Waals surface area contributed by atoms with Crippen molar-refractivity contribution in [2.45, 2.75) is 55.8 Å². The molecule has 2 aromatic rings. The summed E-state index contributed by atoms with van der Waals surface area (Å²) < 4.78 is 11.5. The van der Waals surface area contributed by atoms with Gasteiger partial charge in [-0.3, -0.25) is 4.79 Å². The molecule has 2 N–H and O–H groups in total. The van der Waals surface area contributed by atoms with E-state index in [9.17, 15) is 9.90 Å². The molecule has 136 valence electrons. The Kier molecular flexibility index (Phi) is 3.25. The van der Waals surface area contributed by atoms with Gasteiger partial charge in [0, 0.05) is 34.9 Å². The van der Waals surface area contributed by atoms with Gasteiger partial charge in [-0.2, -0.15) is 0 Å². The zero-order valence-electron chi connectivity index (χ0n) is 14.3. The second-order valence-electron chi connectivity index (χ2n) is 7.86. The lowest BCUT2D eigenvalue weighted by Crippen LogP contribution is -2.77. The SMILES string of the molecule is Cc1ncc(C23CC(NC(=O)[C@@H]4C[C@@H](O)c5cc(Cl)ccc5O4)(C2)C3)o1. The van der Waals surface area contributed by atoms with E-state index in [1.165, 1.54) is 0 Å². The first-order valence-electron chi connectivity index (χ1n) is 8.77. The van der Waals surface area contributed by atoms with Crippen LogP contribution in [0, 0.1) is 6.92 Å². The number of aryl methyl sites for hydroxylation is 1. The number of carbonyl (C=O) groups excluding carboxylic acids is 1. The van der Waals surface area contributed by atoms with Crippen molar-refractivity contribution < 1.29 is 19.1 Å². The van der Waals surface area contributed by atoms with Crippen LogP contribution in [0.5, 0.6) is 5.75 Å². The van der Waals surface area contributed by atoms with E-state index in [1.807, 2.05) is 6.92 Å². The van der Waals surface area contributed by atoms with Crippen molar-refractivity contribution in [3.63, 3.8) is 0 Å². The van der Waals surface area contributed by atoms with Crippen molar-refractivity contribution in [3.8, 4) is 5.75 Å². The molecule has 3 aliphatic carbocycles. The molecule has 3 saturated carbocycles. The largest absolute Gasteiger partial charge is 0.480 e. The first-order valence-corrected chi connectivity index (χ1v) is 9.15. The van der Waals surface area contributed by atoms with Gasteiger partial charge in [-0.05, 0) is 37.5 Å². The maximum absolute atomic E-state index is 12.7. The standard InChI is InChI=1S/C19H19ClN2O4/c1-10-21-6-16(25-10)18-7-19(8-18,9-18)22-17(24)15-5-13(23)12-4-11(20)2-3-14(12)26-15/h2-4,6,13,15,23H,5,7-9H2,1H3,(H,22,24)/t13-,15+,18?,19?/m1/s1. The van der Waals surface area contributed by atoms with Crippen LogP contribution in [-0.2, 0) is 10.2 Å². The maximum atomic E-state index is 12.7. The number of hydrogen-bond acceptors (Lipinski definition) is 5. The molecule has 26 heavy (non-hydrogen) atoms. The van der Waals surface area contributed by atoms with Crippen LogP contribution in [0.2, 0.25) is 5.02 Å². The van der Waals surface area contributed by atoms with E-state index in [1.54, 1.807) is 24.4 Å². The van der Waals surface area contributed by atoms with Gasteiger partial charge in [0.2, 0.25) is 0 Å². The van der Waals surface area contributed by atoms with Crippen molar-refractivity contribution in [3.05, 3.63) is 46.6 Å². The molecule has 3 fully saturated rings. The van der Waals surface area contributed by atoms with E-state index >= 15 is 0 Å². The zero-order valence-corrected chi connectivity index (χ0v) is 15.0. The predicted molar refractivity (Wildman–Crippen MR) is 93.1 cm³/mol. The summed E-state index contributed by atoms with van der Waals surface area (Å²) in [5, 5.41) is 14.0. The summed E-state index contributed by atoms with van der Waals surface area (Å²) in [5.74, 6) is 1.93. The number of aliphatic hydroxyl groups excluding tert-OH is 1. The molecular formula is C19H19ClN2O4. The van der Waals surface area contributed by atoms with Crippen molar-refractivity contribution in [1.29, 1.82) is 0 Å². The van der Waals surface area contributed by atoms with Gasteiger partial charge < -0.3 is 19.6 Å². The Morgan fingerprint density at radius 2 is 2.15 bits per heavy atom. The predicted octanol–water partition coefficient (Wildman–Crippen LogP) is 2.81. The van der Waals surface area contributed by atoms with E-state index in [-0.39, 0.29) is 23.3 Å². The number of ether oxygens (including phenoxy) is 1. The van der Waals surface area contributed by atoms with Gasteiger partial charge in [-0.25, -0.2) is 4.98 Å². The minimum absolute atomic E-state index is 0.0326. The summed E-state index contributed by atoms with van der Waals surface area (Å²) in [4.78, 5) is 16.9. The number of hydrogen-bond donors (Lipinski definition) is 2. The van der Waals surface area contributed by atoms with Gasteiger partial charge in [0.15, 0.2) is 12.0 Å². The highest BCUT2D eigenvalue weighted by Crippen LogP contribution is 2.67. The molecule has 1 aromatic carbocycles. The third kappa shape index (κ3) is 2.28.